The van der Waals surface area contributed by atoms with E-state index >= 15 is 0 Å². The van der Waals surface area contributed by atoms with Crippen LogP contribution in [0.1, 0.15) is 12.8 Å². The van der Waals surface area contributed by atoms with Gasteiger partial charge in [-0.05, 0) is 19.0 Å². The number of allylic oxidation sites excluding steroid dienone is 3. The van der Waals surface area contributed by atoms with E-state index in [0.29, 0.717) is 12.8 Å². The molecule has 0 saturated carbocycles. The zero-order chi connectivity index (χ0) is 11.4. The number of nitrogens with one attached hydrogen (secondary N) is 1. The van der Waals surface area contributed by atoms with Crippen LogP contribution in [-0.2, 0) is 4.79 Å². The van der Waals surface area contributed by atoms with Crippen LogP contribution in [0.15, 0.2) is 23.8 Å². The van der Waals surface area contributed by atoms with Gasteiger partial charge in [0.25, 0.3) is 0 Å². The van der Waals surface area contributed by atoms with E-state index in [2.05, 4.69) is 17.2 Å². The Labute approximate surface area is 95.2 Å². The van der Waals surface area contributed by atoms with Gasteiger partial charge in [0.15, 0.2) is 0 Å². The lowest BCUT2D eigenvalue weighted by atomic mass is 9.80. The number of carboxylic acids is 1. The fraction of sp³-hybridized carbons (Fsp3) is 0.462. The third-order valence-electron chi connectivity index (χ3n) is 3.16. The predicted molar refractivity (Wildman–Crippen MR) is 61.7 cm³/mol. The second kappa shape index (κ2) is 5.00. The minimum atomic E-state index is -0.686. The van der Waals surface area contributed by atoms with Crippen LogP contribution in [0.25, 0.3) is 0 Å². The standard InChI is InChI=1S/C13H15NO2/c15-13(16)11-7-8-14-9-12(11)10-5-3-1-2-4-6-10/h1,3,5,11-12,14H,6-9H2,(H,15,16)/t11-,12+/m1/s1. The van der Waals surface area contributed by atoms with Crippen molar-refractivity contribution in [2.24, 2.45) is 11.8 Å². The monoisotopic (exact) mass is 217 g/mol. The first-order valence-corrected chi connectivity index (χ1v) is 5.56. The zero-order valence-electron chi connectivity index (χ0n) is 9.07. The molecular formula is C13H15NO2. The van der Waals surface area contributed by atoms with Crippen molar-refractivity contribution in [3.8, 4) is 11.8 Å². The SMILES string of the molecule is O=C(O)[C@@H]1CCNC[C@H]1C1=CC=CC#CC1. The summed E-state index contributed by atoms with van der Waals surface area (Å²) in [7, 11) is 0. The van der Waals surface area contributed by atoms with E-state index in [1.54, 1.807) is 6.08 Å². The topological polar surface area (TPSA) is 49.3 Å². The van der Waals surface area contributed by atoms with Crippen molar-refractivity contribution >= 4 is 5.97 Å². The van der Waals surface area contributed by atoms with Gasteiger partial charge >= 0.3 is 5.97 Å². The molecule has 3 nitrogen and oxygen atoms in total. The van der Waals surface area contributed by atoms with Gasteiger partial charge in [-0.1, -0.05) is 29.6 Å². The highest BCUT2D eigenvalue weighted by Gasteiger charge is 2.32. The number of carboxylic acid groups (broad SMARTS) is 1. The Morgan fingerprint density at radius 2 is 2.44 bits per heavy atom. The summed E-state index contributed by atoms with van der Waals surface area (Å²) in [6.07, 6.45) is 7.10. The van der Waals surface area contributed by atoms with Crippen molar-refractivity contribution in [3.05, 3.63) is 23.8 Å². The van der Waals surface area contributed by atoms with Crippen LogP contribution in [0, 0.1) is 23.7 Å². The molecule has 1 fully saturated rings. The molecule has 2 rings (SSSR count). The van der Waals surface area contributed by atoms with Gasteiger partial charge in [0.1, 0.15) is 0 Å². The van der Waals surface area contributed by atoms with Crippen molar-refractivity contribution in [3.63, 3.8) is 0 Å². The molecule has 0 aromatic heterocycles. The number of hydrogen-bond donors (Lipinski definition) is 2. The van der Waals surface area contributed by atoms with Crippen LogP contribution in [0.2, 0.25) is 0 Å². The Kier molecular flexibility index (Phi) is 3.43. The predicted octanol–water partition coefficient (Wildman–Crippen LogP) is 1.19. The summed E-state index contributed by atoms with van der Waals surface area (Å²) in [6, 6.07) is 0. The molecule has 2 aliphatic rings. The maximum atomic E-state index is 11.2. The van der Waals surface area contributed by atoms with E-state index in [9.17, 15) is 9.90 Å². The van der Waals surface area contributed by atoms with Crippen LogP contribution in [0.4, 0.5) is 0 Å². The second-order valence-corrected chi connectivity index (χ2v) is 4.14. The Morgan fingerprint density at radius 1 is 1.56 bits per heavy atom. The van der Waals surface area contributed by atoms with Gasteiger partial charge in [0.2, 0.25) is 0 Å². The number of aliphatic carboxylic acids is 1. The molecule has 0 bridgehead atoms. The van der Waals surface area contributed by atoms with Crippen molar-refractivity contribution in [2.45, 2.75) is 12.8 Å². The summed E-state index contributed by atoms with van der Waals surface area (Å²) in [5, 5.41) is 12.5. The third-order valence-corrected chi connectivity index (χ3v) is 3.16. The van der Waals surface area contributed by atoms with Crippen molar-refractivity contribution < 1.29 is 9.90 Å². The van der Waals surface area contributed by atoms with Gasteiger partial charge in [-0.15, -0.1) is 0 Å². The van der Waals surface area contributed by atoms with Crippen molar-refractivity contribution in [1.82, 2.24) is 5.32 Å². The van der Waals surface area contributed by atoms with Crippen LogP contribution >= 0.6 is 0 Å². The number of piperidine rings is 1. The van der Waals surface area contributed by atoms with Crippen LogP contribution in [0.3, 0.4) is 0 Å². The van der Waals surface area contributed by atoms with E-state index in [0.717, 1.165) is 18.7 Å². The van der Waals surface area contributed by atoms with Crippen molar-refractivity contribution in [1.29, 1.82) is 0 Å². The summed E-state index contributed by atoms with van der Waals surface area (Å²) in [4.78, 5) is 11.2. The van der Waals surface area contributed by atoms with E-state index in [-0.39, 0.29) is 11.8 Å². The van der Waals surface area contributed by atoms with Gasteiger partial charge < -0.3 is 10.4 Å². The molecule has 1 saturated heterocycles. The molecule has 3 heteroatoms. The maximum absolute atomic E-state index is 11.2. The highest BCUT2D eigenvalue weighted by atomic mass is 16.4. The summed E-state index contributed by atoms with van der Waals surface area (Å²) in [5.41, 5.74) is 1.14. The Bertz CT molecular complexity index is 398. The van der Waals surface area contributed by atoms with Gasteiger partial charge in [0.05, 0.1) is 5.92 Å². The summed E-state index contributed by atoms with van der Waals surface area (Å²) in [5.74, 6) is 5.07. The number of carbonyl (C=O) groups is 1. The van der Waals surface area contributed by atoms with Crippen LogP contribution in [0.5, 0.6) is 0 Å². The molecule has 0 amide bonds. The average molecular weight is 217 g/mol. The van der Waals surface area contributed by atoms with E-state index in [1.807, 2.05) is 12.2 Å². The lowest BCUT2D eigenvalue weighted by Crippen LogP contribution is -2.41. The molecule has 0 unspecified atom stereocenters. The molecule has 1 aliphatic carbocycles. The molecule has 0 radical (unpaired) electrons. The van der Waals surface area contributed by atoms with E-state index in [1.165, 1.54) is 0 Å². The number of rotatable bonds is 2. The summed E-state index contributed by atoms with van der Waals surface area (Å²) in [6.45, 7) is 1.54. The van der Waals surface area contributed by atoms with Gasteiger partial charge in [-0.3, -0.25) is 4.79 Å². The van der Waals surface area contributed by atoms with Crippen molar-refractivity contribution in [2.75, 3.05) is 13.1 Å². The molecule has 0 spiro atoms. The normalized spacial score (nSPS) is 28.6. The molecule has 1 heterocycles. The molecule has 2 N–H and O–H groups in total. The number of hydrogen-bond acceptors (Lipinski definition) is 2. The zero-order valence-corrected chi connectivity index (χ0v) is 9.07. The highest BCUT2D eigenvalue weighted by molar-refractivity contribution is 5.71. The molecule has 1 aliphatic heterocycles. The van der Waals surface area contributed by atoms with Gasteiger partial charge in [-0.25, -0.2) is 0 Å². The third kappa shape index (κ3) is 2.34. The fourth-order valence-corrected chi connectivity index (χ4v) is 2.29. The first-order chi connectivity index (χ1) is 7.79. The first-order valence-electron chi connectivity index (χ1n) is 5.56. The molecule has 0 aromatic rings. The minimum Gasteiger partial charge on any atom is -0.481 e. The average Bonchev–Trinajstić information content (AvgIpc) is 2.57. The smallest absolute Gasteiger partial charge is 0.307 e. The lowest BCUT2D eigenvalue weighted by Gasteiger charge is -2.30. The molecule has 2 atom stereocenters. The largest absolute Gasteiger partial charge is 0.481 e. The quantitative estimate of drug-likeness (QED) is 0.683. The maximum Gasteiger partial charge on any atom is 0.307 e. The van der Waals surface area contributed by atoms with Gasteiger partial charge in [-0.2, -0.15) is 0 Å². The second-order valence-electron chi connectivity index (χ2n) is 4.14. The lowest BCUT2D eigenvalue weighted by molar-refractivity contribution is -0.144. The summed E-state index contributed by atoms with van der Waals surface area (Å²) < 4.78 is 0. The molecular weight excluding hydrogens is 202 g/mol. The fourth-order valence-electron chi connectivity index (χ4n) is 2.29. The molecule has 0 aromatic carbocycles. The Balaban J connectivity index is 2.17. The van der Waals surface area contributed by atoms with E-state index < -0.39 is 5.97 Å². The molecule has 84 valence electrons. The Hall–Kier alpha value is -1.53. The Morgan fingerprint density at radius 3 is 3.25 bits per heavy atom. The van der Waals surface area contributed by atoms with Crippen LogP contribution in [-0.4, -0.2) is 24.2 Å². The summed E-state index contributed by atoms with van der Waals surface area (Å²) >= 11 is 0. The highest BCUT2D eigenvalue weighted by Crippen LogP contribution is 2.28. The first kappa shape index (κ1) is 11.0. The molecule has 16 heavy (non-hydrogen) atoms. The van der Waals surface area contributed by atoms with Crippen LogP contribution < -0.4 is 5.32 Å². The minimum absolute atomic E-state index is 0.0864. The van der Waals surface area contributed by atoms with Gasteiger partial charge in [0, 0.05) is 18.9 Å². The van der Waals surface area contributed by atoms with E-state index in [4.69, 9.17) is 0 Å².